The average molecular weight is 922 g/mol. The largest absolute Gasteiger partial charge is 0.0885 e. The smallest absolute Gasteiger partial charge is 0.0169 e. The summed E-state index contributed by atoms with van der Waals surface area (Å²) in [5.74, 6) is 4.42. The Balaban J connectivity index is -0.000000255. The highest BCUT2D eigenvalue weighted by molar-refractivity contribution is 5.00. The Bertz CT molecular complexity index is 1000. The maximum absolute atomic E-state index is 2.36. The molecule has 0 aromatic carbocycles. The number of allylic oxidation sites excluding steroid dienone is 14. The van der Waals surface area contributed by atoms with E-state index in [9.17, 15) is 0 Å². The molecule has 0 spiro atoms. The number of hydrogen-bond donors (Lipinski definition) is 0. The molecule has 0 aliphatic rings. The second kappa shape index (κ2) is 69.7. The fourth-order valence-corrected chi connectivity index (χ4v) is 6.91. The summed E-state index contributed by atoms with van der Waals surface area (Å²) < 4.78 is 0. The quantitative estimate of drug-likeness (QED) is 0.0426. The molecule has 0 saturated heterocycles. The van der Waals surface area contributed by atoms with Crippen LogP contribution < -0.4 is 0 Å². The minimum Gasteiger partial charge on any atom is -0.0885 e. The number of hydrogen-bond acceptors (Lipinski definition) is 0. The summed E-state index contributed by atoms with van der Waals surface area (Å²) in [5, 5.41) is 0. The lowest BCUT2D eigenvalue weighted by Gasteiger charge is -2.03. The Labute approximate surface area is 422 Å². The minimum atomic E-state index is 0.836. The van der Waals surface area contributed by atoms with Crippen molar-refractivity contribution in [2.75, 3.05) is 0 Å². The van der Waals surface area contributed by atoms with Gasteiger partial charge in [0.2, 0.25) is 0 Å². The van der Waals surface area contributed by atoms with Crippen molar-refractivity contribution >= 4 is 0 Å². The molecule has 392 valence electrons. The minimum absolute atomic E-state index is 0.836. The van der Waals surface area contributed by atoms with Crippen molar-refractivity contribution < 1.29 is 0 Å². The molecule has 0 nitrogen and oxygen atoms in total. The van der Waals surface area contributed by atoms with E-state index >= 15 is 0 Å². The lowest BCUT2D eigenvalue weighted by atomic mass is 10.0. The molecule has 0 bridgehead atoms. The lowest BCUT2D eigenvalue weighted by Crippen LogP contribution is -1.86. The van der Waals surface area contributed by atoms with Gasteiger partial charge in [-0.05, 0) is 107 Å². The van der Waals surface area contributed by atoms with Crippen LogP contribution in [-0.4, -0.2) is 0 Å². The molecule has 0 rings (SSSR count). The van der Waals surface area contributed by atoms with E-state index in [4.69, 9.17) is 0 Å². The molecular formula is C66H128. The van der Waals surface area contributed by atoms with Gasteiger partial charge < -0.3 is 0 Å². The zero-order chi connectivity index (χ0) is 50.4. The maximum atomic E-state index is 2.36. The first-order valence-electron chi connectivity index (χ1n) is 29.4. The molecule has 0 amide bonds. The van der Waals surface area contributed by atoms with Crippen LogP contribution in [0.5, 0.6) is 0 Å². The fraction of sp³-hybridized carbons (Fsp3) is 0.788. The molecule has 0 saturated carbocycles. The van der Waals surface area contributed by atoms with Crippen molar-refractivity contribution in [1.82, 2.24) is 0 Å². The van der Waals surface area contributed by atoms with Gasteiger partial charge in [0.15, 0.2) is 0 Å². The van der Waals surface area contributed by atoms with E-state index in [2.05, 4.69) is 189 Å². The van der Waals surface area contributed by atoms with Crippen LogP contribution in [0.2, 0.25) is 0 Å². The molecule has 66 heavy (non-hydrogen) atoms. The number of unbranched alkanes of at least 4 members (excludes halogenated alkanes) is 15. The van der Waals surface area contributed by atoms with Crippen molar-refractivity contribution in [2.45, 2.75) is 309 Å². The summed E-state index contributed by atoms with van der Waals surface area (Å²) in [5.41, 5.74) is 0. The molecule has 0 N–H and O–H groups in total. The molecule has 0 heteroatoms. The average Bonchev–Trinajstić information content (AvgIpc) is 3.26. The SMILES string of the molecule is CC/C=C\C/C=C\C/C=C\C/C=C\C/C=C\CCCC(C)C.CCCC(C)C.CCCCCC(C)C.CCCCCC/C=C\C/C=C\CCCCCCC(C)C.CCCCCCCC(C)C. The summed E-state index contributed by atoms with van der Waals surface area (Å²) in [6.45, 7) is 34.1. The Hall–Kier alpha value is -1.82. The van der Waals surface area contributed by atoms with Gasteiger partial charge in [-0.3, -0.25) is 0 Å². The first kappa shape index (κ1) is 73.1. The third-order valence-corrected chi connectivity index (χ3v) is 11.2. The monoisotopic (exact) mass is 921 g/mol. The van der Waals surface area contributed by atoms with Crippen LogP contribution in [0.4, 0.5) is 0 Å². The standard InChI is InChI=1S/C22H36.C20H38.C10H22.C8H18.C6H14/c1-4-5-6-7-8-9-10-11-12-13-14-15-16-17-18-19-20-21-22(2)3;1-4-5-6-7-8-9-10-11-12-13-14-15-16-17-18-19-20(2)3;1-4-5-6-7-8-9-10(2)3;1-4-5-6-7-8(2)3;1-4-5-6(2)3/h5-6,8-9,11-12,14-15,17-18,22H,4,7,10,13,16,19-21H2,1-3H3;9-10,12-13,20H,4-8,11,14-19H2,1-3H3;10H,4-9H2,1-3H3;8H,4-7H2,1-3H3;6H,4-5H2,1-3H3/b6-5-,9-8-,12-11-,15-14-,18-17-;10-9-,13-12-;;;. The molecule has 0 aromatic rings. The predicted molar refractivity (Wildman–Crippen MR) is 314 cm³/mol. The predicted octanol–water partition coefficient (Wildman–Crippen LogP) is 24.7. The van der Waals surface area contributed by atoms with Gasteiger partial charge in [0.1, 0.15) is 0 Å². The van der Waals surface area contributed by atoms with Crippen LogP contribution in [0.25, 0.3) is 0 Å². The molecule has 0 aliphatic carbocycles. The van der Waals surface area contributed by atoms with Gasteiger partial charge in [-0.1, -0.05) is 317 Å². The zero-order valence-corrected chi connectivity index (χ0v) is 48.6. The van der Waals surface area contributed by atoms with Gasteiger partial charge in [-0.25, -0.2) is 0 Å². The van der Waals surface area contributed by atoms with E-state index in [1.54, 1.807) is 0 Å². The maximum Gasteiger partial charge on any atom is -0.0169 e. The van der Waals surface area contributed by atoms with Crippen molar-refractivity contribution in [1.29, 1.82) is 0 Å². The second-order valence-electron chi connectivity index (χ2n) is 21.1. The van der Waals surface area contributed by atoms with Crippen LogP contribution in [0.3, 0.4) is 0 Å². The molecule has 0 atom stereocenters. The van der Waals surface area contributed by atoms with Gasteiger partial charge in [0.25, 0.3) is 0 Å². The number of rotatable bonds is 39. The van der Waals surface area contributed by atoms with Crippen molar-refractivity contribution in [3.05, 3.63) is 85.1 Å². The highest BCUT2D eigenvalue weighted by atomic mass is 14.0. The summed E-state index contributed by atoms with van der Waals surface area (Å²) >= 11 is 0. The molecule has 0 aliphatic heterocycles. The van der Waals surface area contributed by atoms with Crippen LogP contribution in [0.15, 0.2) is 85.1 Å². The van der Waals surface area contributed by atoms with E-state index in [1.807, 2.05) is 0 Å². The van der Waals surface area contributed by atoms with Crippen LogP contribution >= 0.6 is 0 Å². The highest BCUT2D eigenvalue weighted by Crippen LogP contribution is 2.12. The second-order valence-corrected chi connectivity index (χ2v) is 21.1. The first-order valence-corrected chi connectivity index (χ1v) is 29.4. The van der Waals surface area contributed by atoms with E-state index in [0.29, 0.717) is 0 Å². The first-order chi connectivity index (χ1) is 31.9. The molecule has 0 unspecified atom stereocenters. The summed E-state index contributed by atoms with van der Waals surface area (Å²) in [4.78, 5) is 0. The van der Waals surface area contributed by atoms with Crippen molar-refractivity contribution in [2.24, 2.45) is 29.6 Å². The Morgan fingerprint density at radius 3 is 0.758 bits per heavy atom. The van der Waals surface area contributed by atoms with Gasteiger partial charge in [0.05, 0.1) is 0 Å². The topological polar surface area (TPSA) is 0 Å². The van der Waals surface area contributed by atoms with E-state index in [1.165, 1.54) is 167 Å². The van der Waals surface area contributed by atoms with E-state index < -0.39 is 0 Å². The zero-order valence-electron chi connectivity index (χ0n) is 48.6. The van der Waals surface area contributed by atoms with Crippen LogP contribution in [0.1, 0.15) is 309 Å². The van der Waals surface area contributed by atoms with Gasteiger partial charge in [0, 0.05) is 0 Å². The Kier molecular flexibility index (Phi) is 77.3. The normalized spacial score (nSPS) is 11.9. The Morgan fingerprint density at radius 2 is 0.455 bits per heavy atom. The lowest BCUT2D eigenvalue weighted by molar-refractivity contribution is 0.518. The molecule has 0 radical (unpaired) electrons. The third-order valence-electron chi connectivity index (χ3n) is 11.2. The van der Waals surface area contributed by atoms with Gasteiger partial charge in [-0.2, -0.15) is 0 Å². The van der Waals surface area contributed by atoms with Crippen LogP contribution in [0, 0.1) is 29.6 Å². The van der Waals surface area contributed by atoms with E-state index in [0.717, 1.165) is 68.1 Å². The van der Waals surface area contributed by atoms with Gasteiger partial charge >= 0.3 is 0 Å². The highest BCUT2D eigenvalue weighted by Gasteiger charge is 1.95. The summed E-state index contributed by atoms with van der Waals surface area (Å²) in [7, 11) is 0. The summed E-state index contributed by atoms with van der Waals surface area (Å²) in [6, 6.07) is 0. The third kappa shape index (κ3) is 96.2. The Morgan fingerprint density at radius 1 is 0.212 bits per heavy atom. The molecule has 0 aromatic heterocycles. The van der Waals surface area contributed by atoms with Gasteiger partial charge in [-0.15, -0.1) is 0 Å². The van der Waals surface area contributed by atoms with E-state index in [-0.39, 0.29) is 0 Å². The molecule has 0 heterocycles. The molecular weight excluding hydrogens is 793 g/mol. The van der Waals surface area contributed by atoms with Crippen LogP contribution in [-0.2, 0) is 0 Å². The summed E-state index contributed by atoms with van der Waals surface area (Å²) in [6.07, 6.45) is 74.2. The van der Waals surface area contributed by atoms with Crippen molar-refractivity contribution in [3.8, 4) is 0 Å². The fourth-order valence-electron chi connectivity index (χ4n) is 6.91. The molecule has 0 fully saturated rings. The van der Waals surface area contributed by atoms with Crippen molar-refractivity contribution in [3.63, 3.8) is 0 Å².